The van der Waals surface area contributed by atoms with E-state index in [1.165, 1.54) is 10.8 Å². The number of halogens is 3. The number of nitroso groups, excluding NO2 is 1. The van der Waals surface area contributed by atoms with Gasteiger partial charge in [0.1, 0.15) is 28.7 Å². The topological polar surface area (TPSA) is 101 Å². The van der Waals surface area contributed by atoms with E-state index in [4.69, 9.17) is 0 Å². The third kappa shape index (κ3) is 3.99. The SMILES string of the molecule is C[C@@H]1CCC[C@@]2(C)Cn3cc(C(=O)NCc4c(F)cc(F)cc4F)c(=O)c(N=O)c3C(=O)N2C1. The second-order valence-electron chi connectivity index (χ2n) is 9.23. The Kier molecular flexibility index (Phi) is 6.05. The standard InChI is InChI=1S/C23H23F3N4O4/c1-12-4-3-5-23(2)11-29-10-15(20(31)18(28-34)19(29)22(33)30(23)9-12)21(32)27-8-14-16(25)6-13(24)7-17(14)26/h6-7,10,12H,3-5,8-9,11H2,1-2H3,(H,27,32)/t12-,23+/m1/s1. The maximum Gasteiger partial charge on any atom is 0.273 e. The monoisotopic (exact) mass is 476 g/mol. The Labute approximate surface area is 192 Å². The normalized spacial score (nSPS) is 22.0. The van der Waals surface area contributed by atoms with Crippen LogP contribution >= 0.6 is 0 Å². The number of hydrogen-bond acceptors (Lipinski definition) is 5. The fourth-order valence-corrected chi connectivity index (χ4v) is 4.83. The molecule has 2 aliphatic heterocycles. The van der Waals surface area contributed by atoms with E-state index < -0.39 is 63.6 Å². The minimum Gasteiger partial charge on any atom is -0.348 e. The molecule has 1 fully saturated rings. The van der Waals surface area contributed by atoms with E-state index in [-0.39, 0.29) is 18.2 Å². The van der Waals surface area contributed by atoms with Gasteiger partial charge in [-0.25, -0.2) is 13.2 Å². The van der Waals surface area contributed by atoms with E-state index in [0.717, 1.165) is 12.8 Å². The van der Waals surface area contributed by atoms with Crippen LogP contribution in [0.4, 0.5) is 18.9 Å². The number of carbonyl (C=O) groups excluding carboxylic acids is 2. The van der Waals surface area contributed by atoms with Crippen LogP contribution in [0.3, 0.4) is 0 Å². The largest absolute Gasteiger partial charge is 0.348 e. The third-order valence-corrected chi connectivity index (χ3v) is 6.64. The molecule has 34 heavy (non-hydrogen) atoms. The van der Waals surface area contributed by atoms with E-state index in [2.05, 4.69) is 10.5 Å². The number of nitrogens with zero attached hydrogens (tertiary/aromatic N) is 3. The highest BCUT2D eigenvalue weighted by molar-refractivity contribution is 6.01. The van der Waals surface area contributed by atoms with Crippen molar-refractivity contribution < 1.29 is 22.8 Å². The fraction of sp³-hybridized carbons (Fsp3) is 0.435. The molecule has 2 aromatic rings. The van der Waals surface area contributed by atoms with E-state index in [0.29, 0.717) is 25.1 Å². The Morgan fingerprint density at radius 1 is 1.24 bits per heavy atom. The predicted molar refractivity (Wildman–Crippen MR) is 116 cm³/mol. The van der Waals surface area contributed by atoms with E-state index >= 15 is 0 Å². The first-order valence-corrected chi connectivity index (χ1v) is 10.9. The van der Waals surface area contributed by atoms with Crippen molar-refractivity contribution in [2.45, 2.75) is 51.7 Å². The van der Waals surface area contributed by atoms with E-state index in [1.807, 2.05) is 13.8 Å². The molecule has 0 saturated carbocycles. The maximum absolute atomic E-state index is 13.9. The van der Waals surface area contributed by atoms with E-state index in [9.17, 15) is 32.5 Å². The van der Waals surface area contributed by atoms with Crippen molar-refractivity contribution in [2.24, 2.45) is 11.1 Å². The van der Waals surface area contributed by atoms with Crippen molar-refractivity contribution in [1.29, 1.82) is 0 Å². The van der Waals surface area contributed by atoms with Gasteiger partial charge < -0.3 is 14.8 Å². The van der Waals surface area contributed by atoms with Crippen molar-refractivity contribution >= 4 is 17.5 Å². The lowest BCUT2D eigenvalue weighted by Crippen LogP contribution is -2.57. The molecule has 0 unspecified atom stereocenters. The number of carbonyl (C=O) groups is 2. The molecule has 3 heterocycles. The summed E-state index contributed by atoms with van der Waals surface area (Å²) >= 11 is 0. The summed E-state index contributed by atoms with van der Waals surface area (Å²) in [6, 6.07) is 0.941. The lowest BCUT2D eigenvalue weighted by atomic mass is 9.90. The van der Waals surface area contributed by atoms with Gasteiger partial charge in [0, 0.05) is 43.5 Å². The minimum atomic E-state index is -1.20. The maximum atomic E-state index is 13.9. The first kappa shape index (κ1) is 23.7. The number of fused-ring (bicyclic) bond motifs is 2. The van der Waals surface area contributed by atoms with Gasteiger partial charge in [-0.15, -0.1) is 4.91 Å². The van der Waals surface area contributed by atoms with Crippen molar-refractivity contribution in [2.75, 3.05) is 6.54 Å². The molecule has 2 amide bonds. The van der Waals surface area contributed by atoms with Gasteiger partial charge in [0.15, 0.2) is 5.69 Å². The highest BCUT2D eigenvalue weighted by Crippen LogP contribution is 2.37. The quantitative estimate of drug-likeness (QED) is 0.681. The molecule has 0 radical (unpaired) electrons. The molecule has 2 atom stereocenters. The Morgan fingerprint density at radius 3 is 2.56 bits per heavy atom. The zero-order valence-corrected chi connectivity index (χ0v) is 18.7. The lowest BCUT2D eigenvalue weighted by Gasteiger charge is -2.45. The van der Waals surface area contributed by atoms with E-state index in [1.54, 1.807) is 4.90 Å². The molecule has 1 aromatic heterocycles. The number of pyridine rings is 1. The number of amides is 2. The van der Waals surface area contributed by atoms with Crippen LogP contribution in [0.1, 0.15) is 59.5 Å². The molecule has 0 aliphatic carbocycles. The van der Waals surface area contributed by atoms with Gasteiger partial charge >= 0.3 is 0 Å². The minimum absolute atomic E-state index is 0.182. The summed E-state index contributed by atoms with van der Waals surface area (Å²) in [5.41, 5.74) is -3.59. The summed E-state index contributed by atoms with van der Waals surface area (Å²) in [6.45, 7) is 3.99. The van der Waals surface area contributed by atoms with Gasteiger partial charge in [0.25, 0.3) is 11.8 Å². The Morgan fingerprint density at radius 2 is 1.91 bits per heavy atom. The number of nitrogens with one attached hydrogen (secondary N) is 1. The molecule has 4 rings (SSSR count). The van der Waals surface area contributed by atoms with Crippen molar-refractivity contribution in [1.82, 2.24) is 14.8 Å². The molecular formula is C23H23F3N4O4. The average Bonchev–Trinajstić information content (AvgIpc) is 2.90. The second kappa shape index (κ2) is 8.69. The Balaban J connectivity index is 1.71. The van der Waals surface area contributed by atoms with Crippen LogP contribution in [0.25, 0.3) is 0 Å². The van der Waals surface area contributed by atoms with Crippen molar-refractivity contribution in [3.05, 3.63) is 67.7 Å². The summed E-state index contributed by atoms with van der Waals surface area (Å²) < 4.78 is 42.3. The van der Waals surface area contributed by atoms with Crippen LogP contribution in [0.15, 0.2) is 28.3 Å². The smallest absolute Gasteiger partial charge is 0.273 e. The summed E-state index contributed by atoms with van der Waals surface area (Å²) in [5.74, 6) is -4.78. The fourth-order valence-electron chi connectivity index (χ4n) is 4.83. The first-order chi connectivity index (χ1) is 16.1. The van der Waals surface area contributed by atoms with Crippen LogP contribution < -0.4 is 10.7 Å². The average molecular weight is 476 g/mol. The van der Waals surface area contributed by atoms with Crippen molar-refractivity contribution in [3.8, 4) is 0 Å². The second-order valence-corrected chi connectivity index (χ2v) is 9.23. The molecule has 1 aromatic carbocycles. The van der Waals surface area contributed by atoms with Crippen LogP contribution in [-0.4, -0.2) is 33.4 Å². The molecule has 2 aliphatic rings. The number of hydrogen-bond donors (Lipinski definition) is 1. The first-order valence-electron chi connectivity index (χ1n) is 10.9. The van der Waals surface area contributed by atoms with Gasteiger partial charge in [0.05, 0.1) is 5.54 Å². The summed E-state index contributed by atoms with van der Waals surface area (Å²) in [6.07, 6.45) is 3.69. The molecular weight excluding hydrogens is 453 g/mol. The molecule has 180 valence electrons. The molecule has 1 saturated heterocycles. The van der Waals surface area contributed by atoms with Crippen molar-refractivity contribution in [3.63, 3.8) is 0 Å². The van der Waals surface area contributed by atoms with Crippen LogP contribution in [0.2, 0.25) is 0 Å². The van der Waals surface area contributed by atoms with Gasteiger partial charge in [-0.2, -0.15) is 0 Å². The number of aromatic nitrogens is 1. The van der Waals surface area contributed by atoms with Crippen LogP contribution in [0.5, 0.6) is 0 Å². The molecule has 0 bridgehead atoms. The zero-order valence-electron chi connectivity index (χ0n) is 18.7. The molecule has 1 N–H and O–H groups in total. The molecule has 11 heteroatoms. The highest BCUT2D eigenvalue weighted by atomic mass is 19.1. The van der Waals surface area contributed by atoms with Gasteiger partial charge in [0.2, 0.25) is 5.43 Å². The Bertz CT molecular complexity index is 1240. The van der Waals surface area contributed by atoms with Gasteiger partial charge in [-0.3, -0.25) is 14.4 Å². The summed E-state index contributed by atoms with van der Waals surface area (Å²) in [5, 5.41) is 4.98. The van der Waals surface area contributed by atoms with Crippen LogP contribution in [-0.2, 0) is 13.1 Å². The number of rotatable bonds is 4. The molecule has 0 spiro atoms. The lowest BCUT2D eigenvalue weighted by molar-refractivity contribution is 0.0337. The zero-order chi connectivity index (χ0) is 24.8. The summed E-state index contributed by atoms with van der Waals surface area (Å²) in [7, 11) is 0. The Hall–Kier alpha value is -3.50. The third-order valence-electron chi connectivity index (χ3n) is 6.64. The predicted octanol–water partition coefficient (Wildman–Crippen LogP) is 3.63. The number of benzene rings is 1. The highest BCUT2D eigenvalue weighted by Gasteiger charge is 2.45. The summed E-state index contributed by atoms with van der Waals surface area (Å²) in [4.78, 5) is 52.2. The van der Waals surface area contributed by atoms with Gasteiger partial charge in [-0.1, -0.05) is 13.3 Å². The van der Waals surface area contributed by atoms with Crippen LogP contribution in [0, 0.1) is 28.3 Å². The molecule has 8 nitrogen and oxygen atoms in total. The van der Waals surface area contributed by atoms with Gasteiger partial charge in [-0.05, 0) is 30.9 Å².